The van der Waals surface area contributed by atoms with Crippen molar-refractivity contribution in [1.82, 2.24) is 0 Å². The zero-order valence-electron chi connectivity index (χ0n) is 65.4. The summed E-state index contributed by atoms with van der Waals surface area (Å²) in [6.07, 6.45) is 84.5. The summed E-state index contributed by atoms with van der Waals surface area (Å²) < 4.78 is 68.6. The summed E-state index contributed by atoms with van der Waals surface area (Å²) >= 11 is 0. The van der Waals surface area contributed by atoms with Crippen LogP contribution in [-0.2, 0) is 65.4 Å². The molecule has 0 amide bonds. The highest BCUT2D eigenvalue weighted by Gasteiger charge is 2.30. The van der Waals surface area contributed by atoms with Crippen molar-refractivity contribution in [3.63, 3.8) is 0 Å². The SMILES string of the molecule is CC/C=C\C/C=C\C/C=C\C/C=C\C/C=C\CCCCCC(=O)O[C@H](COC(=O)CCCCCCC/C=C\C/C=C\CCCCC)COP(=O)(O)OC[C@@H](O)COP(=O)(O)OC[C@@H](COC(=O)CCCCCCC/C=C\C/C=C\CCCCC)OC(=O)CCCCCCC/C=C\CCCCCCCC. The van der Waals surface area contributed by atoms with Crippen molar-refractivity contribution in [2.24, 2.45) is 0 Å². The fourth-order valence-corrected chi connectivity index (χ4v) is 12.2. The molecule has 0 fully saturated rings. The van der Waals surface area contributed by atoms with E-state index in [-0.39, 0.29) is 25.7 Å². The van der Waals surface area contributed by atoms with Crippen LogP contribution in [0.15, 0.2) is 122 Å². The van der Waals surface area contributed by atoms with Crippen molar-refractivity contribution in [2.45, 2.75) is 354 Å². The highest BCUT2D eigenvalue weighted by Crippen LogP contribution is 2.45. The minimum atomic E-state index is -4.99. The second-order valence-corrected chi connectivity index (χ2v) is 29.9. The number of esters is 4. The molecule has 0 aliphatic heterocycles. The van der Waals surface area contributed by atoms with Gasteiger partial charge in [-0.25, -0.2) is 9.13 Å². The number of aliphatic hydroxyl groups is 1. The van der Waals surface area contributed by atoms with Gasteiger partial charge in [0, 0.05) is 25.7 Å². The van der Waals surface area contributed by atoms with Gasteiger partial charge in [0.05, 0.1) is 26.4 Å². The number of phosphoric ester groups is 2. The average molecular weight is 1500 g/mol. The van der Waals surface area contributed by atoms with Crippen LogP contribution in [0.25, 0.3) is 0 Å². The Kier molecular flexibility index (Phi) is 73.3. The van der Waals surface area contributed by atoms with Gasteiger partial charge in [-0.1, -0.05) is 271 Å². The van der Waals surface area contributed by atoms with Crippen molar-refractivity contribution in [1.29, 1.82) is 0 Å². The molecule has 598 valence electrons. The number of rotatable bonds is 76. The van der Waals surface area contributed by atoms with Gasteiger partial charge in [0.25, 0.3) is 0 Å². The van der Waals surface area contributed by atoms with Gasteiger partial charge in [-0.3, -0.25) is 37.3 Å². The summed E-state index contributed by atoms with van der Waals surface area (Å²) in [4.78, 5) is 73.1. The first-order valence-corrected chi connectivity index (χ1v) is 43.8. The molecule has 0 bridgehead atoms. The van der Waals surface area contributed by atoms with E-state index in [1.54, 1.807) is 0 Å². The van der Waals surface area contributed by atoms with Gasteiger partial charge in [-0.15, -0.1) is 0 Å². The Bertz CT molecular complexity index is 2440. The van der Waals surface area contributed by atoms with Gasteiger partial charge >= 0.3 is 39.5 Å². The molecule has 0 aromatic rings. The van der Waals surface area contributed by atoms with E-state index in [9.17, 15) is 43.2 Å². The molecule has 0 saturated carbocycles. The van der Waals surface area contributed by atoms with Crippen molar-refractivity contribution in [3.8, 4) is 0 Å². The van der Waals surface area contributed by atoms with Crippen molar-refractivity contribution >= 4 is 39.5 Å². The third kappa shape index (κ3) is 75.7. The van der Waals surface area contributed by atoms with Gasteiger partial charge in [-0.05, 0) is 161 Å². The minimum Gasteiger partial charge on any atom is -0.462 e. The zero-order valence-corrected chi connectivity index (χ0v) is 67.2. The number of aliphatic hydroxyl groups excluding tert-OH is 1. The molecule has 17 nitrogen and oxygen atoms in total. The molecule has 3 N–H and O–H groups in total. The van der Waals surface area contributed by atoms with Crippen LogP contribution < -0.4 is 0 Å². The van der Waals surface area contributed by atoms with Crippen LogP contribution in [0.2, 0.25) is 0 Å². The minimum absolute atomic E-state index is 0.0502. The molecule has 0 aliphatic rings. The maximum atomic E-state index is 13.1. The number of ether oxygens (including phenoxy) is 4. The first kappa shape index (κ1) is 99.5. The van der Waals surface area contributed by atoms with Crippen LogP contribution >= 0.6 is 15.6 Å². The molecular formula is C85H146O17P2. The molecule has 0 radical (unpaired) electrons. The Morgan fingerprint density at radius 3 is 0.808 bits per heavy atom. The third-order valence-corrected chi connectivity index (χ3v) is 18.8. The second kappa shape index (κ2) is 76.6. The summed E-state index contributed by atoms with van der Waals surface area (Å²) in [6.45, 7) is 4.65. The Morgan fingerprint density at radius 1 is 0.279 bits per heavy atom. The molecule has 0 spiro atoms. The quantitative estimate of drug-likeness (QED) is 0.0169. The second-order valence-electron chi connectivity index (χ2n) is 27.0. The summed E-state index contributed by atoms with van der Waals surface area (Å²) in [7, 11) is -9.98. The first-order valence-electron chi connectivity index (χ1n) is 40.8. The summed E-state index contributed by atoms with van der Waals surface area (Å²) in [6, 6.07) is 0. The van der Waals surface area contributed by atoms with Crippen LogP contribution in [0, 0.1) is 0 Å². The molecule has 0 saturated heterocycles. The highest BCUT2D eigenvalue weighted by atomic mass is 31.2. The lowest BCUT2D eigenvalue weighted by molar-refractivity contribution is -0.161. The van der Waals surface area contributed by atoms with E-state index in [0.29, 0.717) is 25.7 Å². The van der Waals surface area contributed by atoms with Gasteiger partial charge in [-0.2, -0.15) is 0 Å². The topological polar surface area (TPSA) is 237 Å². The molecule has 0 aromatic carbocycles. The van der Waals surface area contributed by atoms with E-state index in [1.807, 2.05) is 0 Å². The number of allylic oxidation sites excluding steroid dienone is 20. The normalized spacial score (nSPS) is 14.5. The van der Waals surface area contributed by atoms with E-state index in [0.717, 1.165) is 180 Å². The van der Waals surface area contributed by atoms with Gasteiger partial charge in [0.1, 0.15) is 19.3 Å². The molecule has 0 rings (SSSR count). The van der Waals surface area contributed by atoms with Crippen LogP contribution in [0.4, 0.5) is 0 Å². The zero-order chi connectivity index (χ0) is 76.0. The smallest absolute Gasteiger partial charge is 0.462 e. The number of hydrogen-bond acceptors (Lipinski definition) is 15. The van der Waals surface area contributed by atoms with E-state index in [2.05, 4.69) is 149 Å². The van der Waals surface area contributed by atoms with E-state index >= 15 is 0 Å². The number of unbranched alkanes of at least 4 members (excludes halogenated alkanes) is 30. The lowest BCUT2D eigenvalue weighted by Gasteiger charge is -2.21. The Morgan fingerprint density at radius 2 is 0.500 bits per heavy atom. The van der Waals surface area contributed by atoms with Crippen LogP contribution in [0.3, 0.4) is 0 Å². The Balaban J connectivity index is 5.43. The van der Waals surface area contributed by atoms with Crippen LogP contribution in [-0.4, -0.2) is 96.7 Å². The summed E-state index contributed by atoms with van der Waals surface area (Å²) in [5.41, 5.74) is 0. The van der Waals surface area contributed by atoms with Gasteiger partial charge in [0.15, 0.2) is 12.2 Å². The molecular weight excluding hydrogens is 1350 g/mol. The van der Waals surface area contributed by atoms with Crippen LogP contribution in [0.5, 0.6) is 0 Å². The van der Waals surface area contributed by atoms with Crippen molar-refractivity contribution < 1.29 is 80.2 Å². The number of hydrogen-bond donors (Lipinski definition) is 3. The third-order valence-electron chi connectivity index (χ3n) is 16.9. The van der Waals surface area contributed by atoms with Gasteiger partial charge in [0.2, 0.25) is 0 Å². The average Bonchev–Trinajstić information content (AvgIpc) is 0.943. The fourth-order valence-electron chi connectivity index (χ4n) is 10.7. The number of carbonyl (C=O) groups excluding carboxylic acids is 4. The molecule has 0 aliphatic carbocycles. The van der Waals surface area contributed by atoms with E-state index in [1.165, 1.54) is 77.0 Å². The maximum absolute atomic E-state index is 13.1. The molecule has 5 atom stereocenters. The molecule has 0 heterocycles. The van der Waals surface area contributed by atoms with E-state index < -0.39 is 97.5 Å². The monoisotopic (exact) mass is 1500 g/mol. The van der Waals surface area contributed by atoms with Crippen LogP contribution in [0.1, 0.15) is 336 Å². The Labute approximate surface area is 632 Å². The maximum Gasteiger partial charge on any atom is 0.472 e. The predicted molar refractivity (Wildman–Crippen MR) is 427 cm³/mol. The molecule has 0 aromatic heterocycles. The number of carbonyl (C=O) groups is 4. The van der Waals surface area contributed by atoms with Crippen molar-refractivity contribution in [2.75, 3.05) is 39.6 Å². The molecule has 19 heteroatoms. The molecule has 2 unspecified atom stereocenters. The fraction of sp³-hybridized carbons (Fsp3) is 0.718. The standard InChI is InChI=1S/C85H146O17P2/c1-5-9-13-17-21-25-29-33-37-38-39-40-44-48-52-56-60-64-68-72-85(90)102-81(76-96-83(88)70-66-62-58-54-50-46-42-35-31-27-23-19-15-11-7-3)78-100-104(93,94)98-74-79(86)73-97-103(91,92)99-77-80(101-84(89)71-67-63-59-55-51-47-43-36-32-28-24-20-16-12-8-4)75-95-82(87)69-65-61-57-53-49-45-41-34-30-26-22-18-14-10-6-2/h9,13,21-23,25-27,33-37,39-43,48,52,79-81,86H,5-8,10-12,14-20,24,28-32,38,44-47,49-51,53-78H2,1-4H3,(H,91,92)(H,93,94)/b13-9-,25-21-,26-22-,27-23-,37-33-,40-39-,41-34-,42-35-,43-36-,52-48-/t79-,80+,81+/m0/s1. The summed E-state index contributed by atoms with van der Waals surface area (Å²) in [5, 5.41) is 10.6. The summed E-state index contributed by atoms with van der Waals surface area (Å²) in [5.74, 6) is -2.24. The molecule has 104 heavy (non-hydrogen) atoms. The highest BCUT2D eigenvalue weighted by molar-refractivity contribution is 7.47. The Hall–Kier alpha value is -4.54. The lowest BCUT2D eigenvalue weighted by atomic mass is 10.1. The number of phosphoric acid groups is 2. The largest absolute Gasteiger partial charge is 0.472 e. The predicted octanol–water partition coefficient (Wildman–Crippen LogP) is 23.9. The van der Waals surface area contributed by atoms with Gasteiger partial charge < -0.3 is 33.8 Å². The lowest BCUT2D eigenvalue weighted by Crippen LogP contribution is -2.30. The van der Waals surface area contributed by atoms with E-state index in [4.69, 9.17) is 37.0 Å². The van der Waals surface area contributed by atoms with Crippen molar-refractivity contribution in [3.05, 3.63) is 122 Å². The first-order chi connectivity index (χ1) is 50.7.